The molecule has 1 N–H and O–H groups in total. The van der Waals surface area contributed by atoms with Gasteiger partial charge in [-0.1, -0.05) is 19.3 Å². The number of nitrogens with zero attached hydrogens (tertiary/aromatic N) is 1. The Morgan fingerprint density at radius 3 is 2.38 bits per heavy atom. The van der Waals surface area contributed by atoms with Gasteiger partial charge in [0.1, 0.15) is 11.6 Å². The average molecular weight is 296 g/mol. The predicted octanol–water partition coefficient (Wildman–Crippen LogP) is 3.56. The highest BCUT2D eigenvalue weighted by Gasteiger charge is 2.22. The molecule has 0 saturated carbocycles. The average Bonchev–Trinajstić information content (AvgIpc) is 2.41. The Morgan fingerprint density at radius 1 is 1.14 bits per heavy atom. The van der Waals surface area contributed by atoms with Gasteiger partial charge in [0.15, 0.2) is 0 Å². The van der Waals surface area contributed by atoms with Crippen LogP contribution in [-0.4, -0.2) is 29.9 Å². The highest BCUT2D eigenvalue weighted by Crippen LogP contribution is 2.17. The number of rotatable bonds is 3. The van der Waals surface area contributed by atoms with Gasteiger partial charge in [-0.2, -0.15) is 0 Å². The maximum atomic E-state index is 13.6. The molecule has 1 fully saturated rings. The lowest BCUT2D eigenvalue weighted by atomic mass is 10.1. The molecule has 5 heteroatoms. The van der Waals surface area contributed by atoms with E-state index in [0.717, 1.165) is 38.1 Å². The summed E-state index contributed by atoms with van der Waals surface area (Å²) in [6.07, 6.45) is 5.81. The summed E-state index contributed by atoms with van der Waals surface area (Å²) in [5.74, 6) is -1.65. The van der Waals surface area contributed by atoms with Crippen LogP contribution < -0.4 is 5.32 Å². The third-order valence-corrected chi connectivity index (χ3v) is 4.01. The minimum Gasteiger partial charge on any atom is -0.322 e. The fourth-order valence-electron chi connectivity index (χ4n) is 2.65. The molecule has 1 aliphatic rings. The zero-order valence-corrected chi connectivity index (χ0v) is 12.4. The van der Waals surface area contributed by atoms with Crippen molar-refractivity contribution in [2.24, 2.45) is 0 Å². The van der Waals surface area contributed by atoms with Crippen molar-refractivity contribution < 1.29 is 13.6 Å². The molecule has 21 heavy (non-hydrogen) atoms. The lowest BCUT2D eigenvalue weighted by Crippen LogP contribution is -2.43. The number of likely N-dealkylation sites (tertiary alicyclic amines) is 1. The summed E-state index contributed by atoms with van der Waals surface area (Å²) in [5.41, 5.74) is 0.0281. The van der Waals surface area contributed by atoms with E-state index >= 15 is 0 Å². The van der Waals surface area contributed by atoms with Gasteiger partial charge in [0.05, 0.1) is 11.7 Å². The first-order valence-electron chi connectivity index (χ1n) is 7.58. The minimum absolute atomic E-state index is 0.0281. The fraction of sp³-hybridized carbons (Fsp3) is 0.562. The van der Waals surface area contributed by atoms with Gasteiger partial charge in [0.25, 0.3) is 0 Å². The second-order valence-electron chi connectivity index (χ2n) is 5.59. The fourth-order valence-corrected chi connectivity index (χ4v) is 2.65. The van der Waals surface area contributed by atoms with Crippen LogP contribution >= 0.6 is 0 Å². The molecule has 0 spiro atoms. The Kier molecular flexibility index (Phi) is 5.67. The van der Waals surface area contributed by atoms with Crippen molar-refractivity contribution in [1.82, 2.24) is 4.90 Å². The van der Waals surface area contributed by atoms with E-state index in [4.69, 9.17) is 0 Å². The van der Waals surface area contributed by atoms with Crippen LogP contribution in [-0.2, 0) is 4.79 Å². The Bertz CT molecular complexity index is 485. The Labute approximate surface area is 124 Å². The van der Waals surface area contributed by atoms with Crippen LogP contribution in [0.5, 0.6) is 0 Å². The number of carbonyl (C=O) groups excluding carboxylic acids is 1. The smallest absolute Gasteiger partial charge is 0.241 e. The molecule has 1 aromatic rings. The second kappa shape index (κ2) is 7.50. The van der Waals surface area contributed by atoms with Gasteiger partial charge < -0.3 is 5.32 Å². The van der Waals surface area contributed by atoms with E-state index < -0.39 is 11.6 Å². The second-order valence-corrected chi connectivity index (χ2v) is 5.59. The van der Waals surface area contributed by atoms with E-state index in [9.17, 15) is 13.6 Å². The third kappa shape index (κ3) is 4.49. The molecule has 1 aromatic carbocycles. The Balaban J connectivity index is 1.97. The molecule has 1 heterocycles. The monoisotopic (exact) mass is 296 g/mol. The maximum Gasteiger partial charge on any atom is 0.241 e. The van der Waals surface area contributed by atoms with Crippen LogP contribution in [0, 0.1) is 11.6 Å². The number of benzene rings is 1. The largest absolute Gasteiger partial charge is 0.322 e. The van der Waals surface area contributed by atoms with Crippen LogP contribution in [0.25, 0.3) is 0 Å². The number of halogens is 2. The van der Waals surface area contributed by atoms with Crippen molar-refractivity contribution in [2.75, 3.05) is 18.4 Å². The van der Waals surface area contributed by atoms with Crippen LogP contribution in [0.3, 0.4) is 0 Å². The normalized spacial score (nSPS) is 18.6. The summed E-state index contributed by atoms with van der Waals surface area (Å²) in [4.78, 5) is 14.4. The van der Waals surface area contributed by atoms with Gasteiger partial charge in [0.2, 0.25) is 5.91 Å². The van der Waals surface area contributed by atoms with E-state index in [0.29, 0.717) is 0 Å². The van der Waals surface area contributed by atoms with E-state index in [1.807, 2.05) is 6.92 Å². The van der Waals surface area contributed by atoms with Gasteiger partial charge in [-0.05, 0) is 45.0 Å². The third-order valence-electron chi connectivity index (χ3n) is 4.01. The van der Waals surface area contributed by atoms with Gasteiger partial charge >= 0.3 is 0 Å². The number of amides is 1. The zero-order chi connectivity index (χ0) is 15.2. The number of hydrogen-bond acceptors (Lipinski definition) is 2. The molecular formula is C16H22F2N2O. The molecule has 0 radical (unpaired) electrons. The first-order valence-corrected chi connectivity index (χ1v) is 7.58. The van der Waals surface area contributed by atoms with Crippen molar-refractivity contribution in [3.63, 3.8) is 0 Å². The van der Waals surface area contributed by atoms with Gasteiger partial charge in [-0.3, -0.25) is 9.69 Å². The maximum absolute atomic E-state index is 13.6. The number of hydrogen-bond donors (Lipinski definition) is 1. The molecule has 3 nitrogen and oxygen atoms in total. The Morgan fingerprint density at radius 2 is 1.76 bits per heavy atom. The van der Waals surface area contributed by atoms with E-state index in [2.05, 4.69) is 10.2 Å². The molecule has 0 unspecified atom stereocenters. The van der Waals surface area contributed by atoms with E-state index in [1.165, 1.54) is 25.3 Å². The van der Waals surface area contributed by atoms with Crippen molar-refractivity contribution in [1.29, 1.82) is 0 Å². The van der Waals surface area contributed by atoms with E-state index in [-0.39, 0.29) is 17.6 Å². The molecule has 1 amide bonds. The number of nitrogens with one attached hydrogen (secondary N) is 1. The highest BCUT2D eigenvalue weighted by atomic mass is 19.1. The molecule has 0 bridgehead atoms. The SMILES string of the molecule is C[C@H](C(=O)Nc1ccc(F)cc1F)N1CCCCCCC1. The summed E-state index contributed by atoms with van der Waals surface area (Å²) in [6.45, 7) is 3.61. The molecule has 1 atom stereocenters. The molecule has 0 aliphatic carbocycles. The molecule has 1 saturated heterocycles. The summed E-state index contributed by atoms with van der Waals surface area (Å²) >= 11 is 0. The first-order chi connectivity index (χ1) is 10.1. The van der Waals surface area contributed by atoms with Crippen LogP contribution in [0.15, 0.2) is 18.2 Å². The lowest BCUT2D eigenvalue weighted by molar-refractivity contribution is -0.120. The molecule has 0 aromatic heterocycles. The quantitative estimate of drug-likeness (QED) is 0.925. The van der Waals surface area contributed by atoms with Gasteiger partial charge in [-0.15, -0.1) is 0 Å². The molecule has 2 rings (SSSR count). The number of carbonyl (C=O) groups is 1. The van der Waals surface area contributed by atoms with Crippen molar-refractivity contribution >= 4 is 11.6 Å². The zero-order valence-electron chi connectivity index (χ0n) is 12.4. The predicted molar refractivity (Wildman–Crippen MR) is 79.1 cm³/mol. The van der Waals surface area contributed by atoms with Crippen molar-refractivity contribution in [3.05, 3.63) is 29.8 Å². The van der Waals surface area contributed by atoms with Crippen LogP contribution in [0.1, 0.15) is 39.0 Å². The first kappa shape index (κ1) is 15.9. The van der Waals surface area contributed by atoms with Crippen molar-refractivity contribution in [3.8, 4) is 0 Å². The summed E-state index contributed by atoms with van der Waals surface area (Å²) in [7, 11) is 0. The van der Waals surface area contributed by atoms with E-state index in [1.54, 1.807) is 0 Å². The van der Waals surface area contributed by atoms with Crippen LogP contribution in [0.2, 0.25) is 0 Å². The Hall–Kier alpha value is -1.49. The van der Waals surface area contributed by atoms with Crippen LogP contribution in [0.4, 0.5) is 14.5 Å². The van der Waals surface area contributed by atoms with Gasteiger partial charge in [-0.25, -0.2) is 8.78 Å². The lowest BCUT2D eigenvalue weighted by Gasteiger charge is -2.29. The summed E-state index contributed by atoms with van der Waals surface area (Å²) < 4.78 is 26.4. The minimum atomic E-state index is -0.747. The molecule has 116 valence electrons. The molecular weight excluding hydrogens is 274 g/mol. The summed E-state index contributed by atoms with van der Waals surface area (Å²) in [5, 5.41) is 2.55. The topological polar surface area (TPSA) is 32.3 Å². The van der Waals surface area contributed by atoms with Gasteiger partial charge in [0, 0.05) is 6.07 Å². The standard InChI is InChI=1S/C16H22F2N2O/c1-12(20-9-5-3-2-4-6-10-20)16(21)19-15-8-7-13(17)11-14(15)18/h7-8,11-12H,2-6,9-10H2,1H3,(H,19,21)/t12-/m1/s1. The van der Waals surface area contributed by atoms with Crippen molar-refractivity contribution in [2.45, 2.75) is 45.1 Å². The summed E-state index contributed by atoms with van der Waals surface area (Å²) in [6, 6.07) is 2.85. The number of anilines is 1. The molecule has 1 aliphatic heterocycles. The highest BCUT2D eigenvalue weighted by molar-refractivity contribution is 5.94.